The molecule has 0 spiro atoms. The first-order valence-corrected chi connectivity index (χ1v) is 6.26. The summed E-state index contributed by atoms with van der Waals surface area (Å²) in [6.07, 6.45) is -2.02. The van der Waals surface area contributed by atoms with Gasteiger partial charge in [0.15, 0.2) is 6.04 Å². The van der Waals surface area contributed by atoms with Gasteiger partial charge in [0.25, 0.3) is 0 Å². The molecular formula is C11H20N4O7. The molecule has 126 valence electrons. The van der Waals surface area contributed by atoms with Gasteiger partial charge in [-0.3, -0.25) is 14.4 Å². The van der Waals surface area contributed by atoms with E-state index in [0.29, 0.717) is 0 Å². The van der Waals surface area contributed by atoms with Crippen LogP contribution in [0.4, 0.5) is 0 Å². The number of carboxylic acids is 1. The van der Waals surface area contributed by atoms with Crippen molar-refractivity contribution in [1.29, 1.82) is 0 Å². The SMILES string of the molecule is CC(O)C(NC(=O)C(CC(N)=O)NC(=O)C(N)CO)C(=O)O. The highest BCUT2D eigenvalue weighted by Crippen LogP contribution is 1.98. The maximum absolute atomic E-state index is 11.9. The number of amides is 3. The summed E-state index contributed by atoms with van der Waals surface area (Å²) in [6, 6.07) is -4.44. The third-order valence-corrected chi connectivity index (χ3v) is 2.62. The quantitative estimate of drug-likeness (QED) is 0.220. The Labute approximate surface area is 125 Å². The van der Waals surface area contributed by atoms with Crippen LogP contribution >= 0.6 is 0 Å². The Morgan fingerprint density at radius 1 is 1.14 bits per heavy atom. The molecule has 22 heavy (non-hydrogen) atoms. The van der Waals surface area contributed by atoms with Crippen LogP contribution in [-0.4, -0.2) is 69.8 Å². The fourth-order valence-corrected chi connectivity index (χ4v) is 1.41. The van der Waals surface area contributed by atoms with Gasteiger partial charge in [-0.25, -0.2) is 4.79 Å². The minimum absolute atomic E-state index is 0.609. The van der Waals surface area contributed by atoms with Crippen molar-refractivity contribution in [2.45, 2.75) is 37.6 Å². The molecule has 0 radical (unpaired) electrons. The van der Waals surface area contributed by atoms with Crippen molar-refractivity contribution >= 4 is 23.7 Å². The molecule has 11 nitrogen and oxygen atoms in total. The molecule has 4 atom stereocenters. The Kier molecular flexibility index (Phi) is 8.01. The number of primary amides is 1. The number of carbonyl (C=O) groups is 4. The van der Waals surface area contributed by atoms with Crippen LogP contribution in [0.3, 0.4) is 0 Å². The number of nitrogens with one attached hydrogen (secondary N) is 2. The average Bonchev–Trinajstić information content (AvgIpc) is 2.41. The van der Waals surface area contributed by atoms with Crippen LogP contribution in [0.5, 0.6) is 0 Å². The number of rotatable bonds is 9. The predicted molar refractivity (Wildman–Crippen MR) is 72.1 cm³/mol. The van der Waals surface area contributed by atoms with E-state index in [4.69, 9.17) is 21.7 Å². The van der Waals surface area contributed by atoms with Gasteiger partial charge in [-0.1, -0.05) is 0 Å². The monoisotopic (exact) mass is 320 g/mol. The lowest BCUT2D eigenvalue weighted by atomic mass is 10.1. The zero-order valence-electron chi connectivity index (χ0n) is 11.9. The fraction of sp³-hybridized carbons (Fsp3) is 0.636. The Morgan fingerprint density at radius 3 is 2.05 bits per heavy atom. The standard InChI is InChI=1S/C11H20N4O7/c1-4(17)8(11(21)22)15-10(20)6(2-7(13)18)14-9(19)5(12)3-16/h4-6,8,16-17H,2-3,12H2,1H3,(H2,13,18)(H,14,19)(H,15,20)(H,21,22). The van der Waals surface area contributed by atoms with E-state index in [1.165, 1.54) is 0 Å². The molecule has 9 N–H and O–H groups in total. The molecule has 0 heterocycles. The number of hydrogen-bond acceptors (Lipinski definition) is 7. The summed E-state index contributed by atoms with van der Waals surface area (Å²) in [6.45, 7) is 0.449. The van der Waals surface area contributed by atoms with E-state index in [1.807, 2.05) is 5.32 Å². The van der Waals surface area contributed by atoms with Crippen LogP contribution in [-0.2, 0) is 19.2 Å². The summed E-state index contributed by atoms with van der Waals surface area (Å²) in [5.41, 5.74) is 10.2. The van der Waals surface area contributed by atoms with Crippen molar-refractivity contribution in [3.8, 4) is 0 Å². The van der Waals surface area contributed by atoms with Crippen LogP contribution in [0.2, 0.25) is 0 Å². The zero-order chi connectivity index (χ0) is 17.4. The molecule has 0 fully saturated rings. The van der Waals surface area contributed by atoms with Crippen molar-refractivity contribution in [1.82, 2.24) is 10.6 Å². The second-order valence-corrected chi connectivity index (χ2v) is 4.59. The molecule has 0 aliphatic carbocycles. The smallest absolute Gasteiger partial charge is 0.328 e. The van der Waals surface area contributed by atoms with E-state index < -0.39 is 60.9 Å². The first-order chi connectivity index (χ1) is 10.1. The lowest BCUT2D eigenvalue weighted by Gasteiger charge is -2.22. The number of carbonyl (C=O) groups excluding carboxylic acids is 3. The summed E-state index contributed by atoms with van der Waals surface area (Å²) in [5.74, 6) is -4.39. The Morgan fingerprint density at radius 2 is 1.68 bits per heavy atom. The molecule has 4 unspecified atom stereocenters. The Hall–Kier alpha value is -2.24. The predicted octanol–water partition coefficient (Wildman–Crippen LogP) is -4.38. The molecule has 0 saturated heterocycles. The third-order valence-electron chi connectivity index (χ3n) is 2.62. The van der Waals surface area contributed by atoms with Crippen molar-refractivity contribution in [2.24, 2.45) is 11.5 Å². The zero-order valence-corrected chi connectivity index (χ0v) is 11.9. The van der Waals surface area contributed by atoms with E-state index in [-0.39, 0.29) is 0 Å². The summed E-state index contributed by atoms with van der Waals surface area (Å²) in [5, 5.41) is 30.9. The first kappa shape index (κ1) is 19.8. The number of aliphatic carboxylic acids is 1. The van der Waals surface area contributed by atoms with Gasteiger partial charge in [0.05, 0.1) is 19.1 Å². The third kappa shape index (κ3) is 6.47. The number of aliphatic hydroxyl groups is 2. The molecular weight excluding hydrogens is 300 g/mol. The number of carboxylic acid groups (broad SMARTS) is 1. The number of aliphatic hydroxyl groups excluding tert-OH is 2. The van der Waals surface area contributed by atoms with Crippen LogP contribution in [0, 0.1) is 0 Å². The van der Waals surface area contributed by atoms with Gasteiger partial charge in [-0.2, -0.15) is 0 Å². The highest BCUT2D eigenvalue weighted by atomic mass is 16.4. The van der Waals surface area contributed by atoms with Crippen molar-refractivity contribution in [3.63, 3.8) is 0 Å². The molecule has 0 aromatic heterocycles. The Bertz CT molecular complexity index is 440. The lowest BCUT2D eigenvalue weighted by molar-refractivity contribution is -0.145. The molecule has 3 amide bonds. The van der Waals surface area contributed by atoms with E-state index in [2.05, 4.69) is 5.32 Å². The number of hydrogen-bond donors (Lipinski definition) is 7. The molecule has 0 saturated carbocycles. The van der Waals surface area contributed by atoms with E-state index in [1.54, 1.807) is 0 Å². The van der Waals surface area contributed by atoms with Crippen LogP contribution in [0.25, 0.3) is 0 Å². The lowest BCUT2D eigenvalue weighted by Crippen LogP contribution is -2.57. The largest absolute Gasteiger partial charge is 0.480 e. The normalized spacial score (nSPS) is 16.0. The van der Waals surface area contributed by atoms with Crippen molar-refractivity contribution < 1.29 is 34.5 Å². The fourth-order valence-electron chi connectivity index (χ4n) is 1.41. The van der Waals surface area contributed by atoms with Crippen LogP contribution in [0.1, 0.15) is 13.3 Å². The van der Waals surface area contributed by atoms with E-state index in [0.717, 1.165) is 6.92 Å². The molecule has 0 bridgehead atoms. The Balaban J connectivity index is 5.01. The molecule has 0 rings (SSSR count). The molecule has 0 aromatic rings. The maximum atomic E-state index is 11.9. The van der Waals surface area contributed by atoms with Gasteiger partial charge in [0.1, 0.15) is 12.1 Å². The van der Waals surface area contributed by atoms with Gasteiger partial charge >= 0.3 is 5.97 Å². The average molecular weight is 320 g/mol. The second-order valence-electron chi connectivity index (χ2n) is 4.59. The van der Waals surface area contributed by atoms with Crippen LogP contribution < -0.4 is 22.1 Å². The van der Waals surface area contributed by atoms with Gasteiger partial charge in [0, 0.05) is 0 Å². The highest BCUT2D eigenvalue weighted by Gasteiger charge is 2.31. The van der Waals surface area contributed by atoms with Crippen molar-refractivity contribution in [2.75, 3.05) is 6.61 Å². The van der Waals surface area contributed by atoms with Gasteiger partial charge in [0.2, 0.25) is 17.7 Å². The van der Waals surface area contributed by atoms with Crippen molar-refractivity contribution in [3.05, 3.63) is 0 Å². The minimum Gasteiger partial charge on any atom is -0.480 e. The topological polar surface area (TPSA) is 205 Å². The van der Waals surface area contributed by atoms with E-state index >= 15 is 0 Å². The molecule has 0 aliphatic heterocycles. The van der Waals surface area contributed by atoms with Gasteiger partial charge < -0.3 is 37.4 Å². The first-order valence-electron chi connectivity index (χ1n) is 6.26. The van der Waals surface area contributed by atoms with E-state index in [9.17, 15) is 24.3 Å². The van der Waals surface area contributed by atoms with Gasteiger partial charge in [-0.05, 0) is 6.92 Å². The summed E-state index contributed by atoms with van der Waals surface area (Å²) < 4.78 is 0. The highest BCUT2D eigenvalue weighted by molar-refractivity contribution is 5.94. The minimum atomic E-state index is -1.63. The summed E-state index contributed by atoms with van der Waals surface area (Å²) >= 11 is 0. The van der Waals surface area contributed by atoms with Gasteiger partial charge in [-0.15, -0.1) is 0 Å². The van der Waals surface area contributed by atoms with Crippen LogP contribution in [0.15, 0.2) is 0 Å². The number of nitrogens with two attached hydrogens (primary N) is 2. The molecule has 0 aromatic carbocycles. The second kappa shape index (κ2) is 8.92. The molecule has 11 heteroatoms. The molecule has 0 aliphatic rings. The maximum Gasteiger partial charge on any atom is 0.328 e. The summed E-state index contributed by atoms with van der Waals surface area (Å²) in [4.78, 5) is 45.3. The summed E-state index contributed by atoms with van der Waals surface area (Å²) in [7, 11) is 0.